The van der Waals surface area contributed by atoms with Gasteiger partial charge in [0, 0.05) is 17.6 Å². The van der Waals surface area contributed by atoms with Crippen molar-refractivity contribution in [3.63, 3.8) is 0 Å². The number of rotatable bonds is 5. The summed E-state index contributed by atoms with van der Waals surface area (Å²) in [5, 5.41) is 14.5. The van der Waals surface area contributed by atoms with Gasteiger partial charge < -0.3 is 15.6 Å². The van der Waals surface area contributed by atoms with E-state index < -0.39 is 16.0 Å². The predicted octanol–water partition coefficient (Wildman–Crippen LogP) is 2.27. The van der Waals surface area contributed by atoms with E-state index in [0.717, 1.165) is 23.2 Å². The quantitative estimate of drug-likeness (QED) is 0.300. The number of benzene rings is 2. The molecule has 4 N–H and O–H groups in total. The van der Waals surface area contributed by atoms with Crippen LogP contribution in [0.4, 0.5) is 11.4 Å². The number of imidazole rings is 1. The van der Waals surface area contributed by atoms with Gasteiger partial charge >= 0.3 is 0 Å². The number of nitriles is 1. The van der Waals surface area contributed by atoms with E-state index in [1.165, 1.54) is 18.3 Å². The average Bonchev–Trinajstić information content (AvgIpc) is 3.09. The molecule has 1 heterocycles. The Balaban J connectivity index is 1.71. The molecular formula is C17H13N5O4S. The number of carbonyl (C=O) groups excluding carboxylic acids is 1. The van der Waals surface area contributed by atoms with Crippen molar-refractivity contribution in [1.82, 2.24) is 9.97 Å². The average molecular weight is 383 g/mol. The first-order valence-corrected chi connectivity index (χ1v) is 9.00. The lowest BCUT2D eigenvalue weighted by Crippen LogP contribution is -2.14. The summed E-state index contributed by atoms with van der Waals surface area (Å²) in [4.78, 5) is 18.9. The topological polar surface area (TPSA) is 148 Å². The minimum absolute atomic E-state index is 0.182. The van der Waals surface area contributed by atoms with Crippen LogP contribution in [-0.4, -0.2) is 28.8 Å². The highest BCUT2D eigenvalue weighted by Gasteiger charge is 2.12. The van der Waals surface area contributed by atoms with Crippen LogP contribution in [0, 0.1) is 11.3 Å². The van der Waals surface area contributed by atoms with Crippen LogP contribution in [0.25, 0.3) is 11.0 Å². The van der Waals surface area contributed by atoms with Crippen LogP contribution in [0.2, 0.25) is 0 Å². The molecule has 0 fully saturated rings. The molecule has 0 radical (unpaired) electrons. The van der Waals surface area contributed by atoms with Crippen molar-refractivity contribution in [3.8, 4) is 6.07 Å². The molecule has 0 spiro atoms. The van der Waals surface area contributed by atoms with Crippen molar-refractivity contribution in [2.75, 3.05) is 10.6 Å². The zero-order valence-electron chi connectivity index (χ0n) is 13.7. The zero-order chi connectivity index (χ0) is 19.4. The van der Waals surface area contributed by atoms with Gasteiger partial charge in [-0.1, -0.05) is 0 Å². The first-order chi connectivity index (χ1) is 12.9. The normalized spacial score (nSPS) is 11.8. The Kier molecular flexibility index (Phi) is 4.89. The van der Waals surface area contributed by atoms with E-state index in [1.807, 2.05) is 0 Å². The molecular weight excluding hydrogens is 370 g/mol. The van der Waals surface area contributed by atoms with Crippen molar-refractivity contribution >= 4 is 38.4 Å². The van der Waals surface area contributed by atoms with Crippen LogP contribution in [0.1, 0.15) is 0 Å². The molecule has 1 amide bonds. The molecule has 0 saturated carbocycles. The summed E-state index contributed by atoms with van der Waals surface area (Å²) in [5.41, 5.74) is 2.34. The SMILES string of the molecule is N#C/C(=C/Nc1ccc2nc[nH]c2c1)C(=O)Nc1ccc(S(=O)(=O)O)cc1. The zero-order valence-corrected chi connectivity index (χ0v) is 14.5. The number of H-pyrrole nitrogens is 1. The van der Waals surface area contributed by atoms with Gasteiger partial charge in [0.25, 0.3) is 16.0 Å². The van der Waals surface area contributed by atoms with Gasteiger partial charge in [-0.2, -0.15) is 13.7 Å². The number of carbonyl (C=O) groups is 1. The van der Waals surface area contributed by atoms with Crippen LogP contribution in [0.5, 0.6) is 0 Å². The summed E-state index contributed by atoms with van der Waals surface area (Å²) in [7, 11) is -4.31. The van der Waals surface area contributed by atoms with Gasteiger partial charge in [0.1, 0.15) is 11.6 Å². The minimum Gasteiger partial charge on any atom is -0.360 e. The molecule has 0 saturated heterocycles. The highest BCUT2D eigenvalue weighted by atomic mass is 32.2. The molecule has 2 aromatic carbocycles. The first kappa shape index (κ1) is 18.1. The Morgan fingerprint density at radius 2 is 1.89 bits per heavy atom. The van der Waals surface area contributed by atoms with Gasteiger partial charge in [-0.3, -0.25) is 9.35 Å². The van der Waals surface area contributed by atoms with Crippen molar-refractivity contribution in [3.05, 3.63) is 60.6 Å². The maximum atomic E-state index is 12.2. The summed E-state index contributed by atoms with van der Waals surface area (Å²) >= 11 is 0. The fraction of sp³-hybridized carbons (Fsp3) is 0. The molecule has 0 aliphatic rings. The molecule has 0 bridgehead atoms. The van der Waals surface area contributed by atoms with Crippen LogP contribution in [0.15, 0.2) is 65.5 Å². The van der Waals surface area contributed by atoms with E-state index in [-0.39, 0.29) is 16.2 Å². The lowest BCUT2D eigenvalue weighted by Gasteiger charge is -2.06. The molecule has 0 atom stereocenters. The Labute approximate surface area is 154 Å². The number of hydrogen-bond acceptors (Lipinski definition) is 6. The Hall–Kier alpha value is -3.68. The van der Waals surface area contributed by atoms with E-state index in [4.69, 9.17) is 4.55 Å². The fourth-order valence-electron chi connectivity index (χ4n) is 2.24. The van der Waals surface area contributed by atoms with Crippen molar-refractivity contribution < 1.29 is 17.8 Å². The highest BCUT2D eigenvalue weighted by molar-refractivity contribution is 7.85. The summed E-state index contributed by atoms with van der Waals surface area (Å²) in [6.07, 6.45) is 2.82. The molecule has 0 aliphatic heterocycles. The molecule has 136 valence electrons. The summed E-state index contributed by atoms with van der Waals surface area (Å²) in [6, 6.07) is 12.0. The van der Waals surface area contributed by atoms with E-state index in [0.29, 0.717) is 5.69 Å². The Morgan fingerprint density at radius 1 is 1.19 bits per heavy atom. The van der Waals surface area contributed by atoms with Crippen LogP contribution < -0.4 is 10.6 Å². The minimum atomic E-state index is -4.31. The van der Waals surface area contributed by atoms with E-state index in [1.54, 1.807) is 30.6 Å². The maximum absolute atomic E-state index is 12.2. The van der Waals surface area contributed by atoms with Crippen molar-refractivity contribution in [2.24, 2.45) is 0 Å². The molecule has 3 aromatic rings. The van der Waals surface area contributed by atoms with Gasteiger partial charge in [0.2, 0.25) is 0 Å². The van der Waals surface area contributed by atoms with E-state index in [9.17, 15) is 18.5 Å². The highest BCUT2D eigenvalue weighted by Crippen LogP contribution is 2.17. The summed E-state index contributed by atoms with van der Waals surface area (Å²) in [6.45, 7) is 0. The number of aromatic amines is 1. The number of nitrogens with zero attached hydrogens (tertiary/aromatic N) is 2. The summed E-state index contributed by atoms with van der Waals surface area (Å²) < 4.78 is 31.0. The van der Waals surface area contributed by atoms with Crippen molar-refractivity contribution in [1.29, 1.82) is 5.26 Å². The van der Waals surface area contributed by atoms with E-state index >= 15 is 0 Å². The van der Waals surface area contributed by atoms with Crippen molar-refractivity contribution in [2.45, 2.75) is 4.90 Å². The molecule has 0 unspecified atom stereocenters. The lowest BCUT2D eigenvalue weighted by atomic mass is 10.2. The van der Waals surface area contributed by atoms with Gasteiger partial charge in [-0.15, -0.1) is 0 Å². The number of amides is 1. The number of anilines is 2. The van der Waals surface area contributed by atoms with Gasteiger partial charge in [0.05, 0.1) is 22.3 Å². The monoisotopic (exact) mass is 383 g/mol. The second kappa shape index (κ2) is 7.28. The molecule has 27 heavy (non-hydrogen) atoms. The van der Waals surface area contributed by atoms with Gasteiger partial charge in [0.15, 0.2) is 0 Å². The third-order valence-corrected chi connectivity index (χ3v) is 4.45. The molecule has 9 nitrogen and oxygen atoms in total. The lowest BCUT2D eigenvalue weighted by molar-refractivity contribution is -0.112. The van der Waals surface area contributed by atoms with Gasteiger partial charge in [-0.25, -0.2) is 4.98 Å². The van der Waals surface area contributed by atoms with Crippen LogP contribution in [0.3, 0.4) is 0 Å². The third-order valence-electron chi connectivity index (χ3n) is 3.58. The predicted molar refractivity (Wildman–Crippen MR) is 98.3 cm³/mol. The van der Waals surface area contributed by atoms with E-state index in [2.05, 4.69) is 20.6 Å². The second-order valence-corrected chi connectivity index (χ2v) is 6.82. The van der Waals surface area contributed by atoms with Crippen LogP contribution >= 0.6 is 0 Å². The first-order valence-electron chi connectivity index (χ1n) is 7.55. The summed E-state index contributed by atoms with van der Waals surface area (Å²) in [5.74, 6) is -0.674. The number of hydrogen-bond donors (Lipinski definition) is 4. The second-order valence-electron chi connectivity index (χ2n) is 5.40. The number of fused-ring (bicyclic) bond motifs is 1. The Bertz CT molecular complexity index is 1170. The molecule has 0 aliphatic carbocycles. The standard InChI is InChI=1S/C17H13N5O4S/c18-8-11(9-19-13-3-6-15-16(7-13)21-10-20-15)17(23)22-12-1-4-14(5-2-12)27(24,25)26/h1-7,9-10,19H,(H,20,21)(H,22,23)(H,24,25,26)/b11-9-. The fourth-order valence-corrected chi connectivity index (χ4v) is 2.72. The molecule has 1 aromatic heterocycles. The molecule has 10 heteroatoms. The Morgan fingerprint density at radius 3 is 2.56 bits per heavy atom. The number of nitrogens with one attached hydrogen (secondary N) is 3. The maximum Gasteiger partial charge on any atom is 0.294 e. The molecule has 3 rings (SSSR count). The smallest absolute Gasteiger partial charge is 0.294 e. The largest absolute Gasteiger partial charge is 0.360 e. The van der Waals surface area contributed by atoms with Crippen LogP contribution in [-0.2, 0) is 14.9 Å². The number of aromatic nitrogens is 2. The third kappa shape index (κ3) is 4.30. The van der Waals surface area contributed by atoms with Gasteiger partial charge in [-0.05, 0) is 42.5 Å².